The maximum atomic E-state index is 12.3. The number of furan rings is 1. The molecule has 0 bridgehead atoms. The standard InChI is InChI=1S/C22H20N2O5/c1-3-18(26)20(14(2)25)24-22(28)16-10-8-15(9-11-16)6-4-5-7-17-12-13-19(29-17)21(23)27/h8-14,20,25H,3H2,1-2H3,(H2,23,27)(H,24,28)/t14-,20-/m0/s1. The Hall–Kier alpha value is -3.81. The lowest BCUT2D eigenvalue weighted by Gasteiger charge is -2.19. The predicted octanol–water partition coefficient (Wildman–Crippen LogP) is 1.24. The van der Waals surface area contributed by atoms with Crippen LogP contribution in [0.15, 0.2) is 40.8 Å². The third-order valence-electron chi connectivity index (χ3n) is 3.92. The van der Waals surface area contributed by atoms with Gasteiger partial charge in [0.05, 0.1) is 6.10 Å². The summed E-state index contributed by atoms with van der Waals surface area (Å²) in [5, 5.41) is 12.2. The number of nitrogens with two attached hydrogens (primary N) is 1. The number of amides is 2. The lowest BCUT2D eigenvalue weighted by Crippen LogP contribution is -2.47. The number of aliphatic hydroxyl groups is 1. The van der Waals surface area contributed by atoms with Crippen molar-refractivity contribution in [3.05, 3.63) is 59.0 Å². The maximum absolute atomic E-state index is 12.3. The zero-order valence-corrected chi connectivity index (χ0v) is 16.0. The van der Waals surface area contributed by atoms with Crippen LogP contribution in [0.1, 0.15) is 52.5 Å². The molecule has 0 unspecified atom stereocenters. The number of primary amides is 1. The van der Waals surface area contributed by atoms with Crippen LogP contribution in [-0.2, 0) is 4.79 Å². The Morgan fingerprint density at radius 1 is 1.10 bits per heavy atom. The second kappa shape index (κ2) is 9.93. The molecule has 4 N–H and O–H groups in total. The third-order valence-corrected chi connectivity index (χ3v) is 3.92. The third kappa shape index (κ3) is 6.10. The van der Waals surface area contributed by atoms with E-state index < -0.39 is 24.0 Å². The molecule has 0 aliphatic carbocycles. The van der Waals surface area contributed by atoms with Crippen molar-refractivity contribution < 1.29 is 23.9 Å². The van der Waals surface area contributed by atoms with Crippen LogP contribution in [0.2, 0.25) is 0 Å². The van der Waals surface area contributed by atoms with E-state index in [1.165, 1.54) is 19.1 Å². The molecule has 0 fully saturated rings. The highest BCUT2D eigenvalue weighted by molar-refractivity contribution is 5.98. The molecule has 0 aliphatic rings. The first-order valence-electron chi connectivity index (χ1n) is 8.85. The fraction of sp³-hybridized carbons (Fsp3) is 0.227. The molecule has 7 heteroatoms. The van der Waals surface area contributed by atoms with Crippen LogP contribution < -0.4 is 11.1 Å². The number of hydrogen-bond acceptors (Lipinski definition) is 5. The van der Waals surface area contributed by atoms with Gasteiger partial charge in [0.15, 0.2) is 17.3 Å². The van der Waals surface area contributed by atoms with Crippen molar-refractivity contribution in [2.24, 2.45) is 5.73 Å². The van der Waals surface area contributed by atoms with E-state index in [0.717, 1.165) is 0 Å². The second-order valence-electron chi connectivity index (χ2n) is 6.12. The normalized spacial score (nSPS) is 11.8. The monoisotopic (exact) mass is 392 g/mol. The van der Waals surface area contributed by atoms with Gasteiger partial charge in [0.1, 0.15) is 6.04 Å². The highest BCUT2D eigenvalue weighted by atomic mass is 16.3. The van der Waals surface area contributed by atoms with E-state index in [4.69, 9.17) is 10.2 Å². The minimum atomic E-state index is -0.983. The van der Waals surface area contributed by atoms with E-state index in [1.807, 2.05) is 0 Å². The molecule has 0 aliphatic heterocycles. The number of Topliss-reactive ketones (excluding diaryl/α,β-unsaturated/α-hetero) is 1. The first-order valence-corrected chi connectivity index (χ1v) is 8.85. The Morgan fingerprint density at radius 3 is 2.31 bits per heavy atom. The average Bonchev–Trinajstić information content (AvgIpc) is 3.18. The smallest absolute Gasteiger partial charge is 0.284 e. The van der Waals surface area contributed by atoms with Crippen molar-refractivity contribution in [2.75, 3.05) is 0 Å². The molecule has 0 radical (unpaired) electrons. The molecule has 1 aromatic carbocycles. The predicted molar refractivity (Wildman–Crippen MR) is 106 cm³/mol. The number of ketones is 1. The van der Waals surface area contributed by atoms with Crippen molar-refractivity contribution in [2.45, 2.75) is 32.4 Å². The molecule has 2 atom stereocenters. The Kier molecular flexibility index (Phi) is 7.36. The van der Waals surface area contributed by atoms with Gasteiger partial charge in [-0.3, -0.25) is 14.4 Å². The summed E-state index contributed by atoms with van der Waals surface area (Å²) in [5.41, 5.74) is 6.06. The van der Waals surface area contributed by atoms with Gasteiger partial charge in [-0.15, -0.1) is 0 Å². The Labute approximate surface area is 168 Å². The van der Waals surface area contributed by atoms with Gasteiger partial charge in [0.2, 0.25) is 0 Å². The van der Waals surface area contributed by atoms with Gasteiger partial charge in [0.25, 0.3) is 11.8 Å². The van der Waals surface area contributed by atoms with E-state index in [2.05, 4.69) is 29.0 Å². The zero-order chi connectivity index (χ0) is 21.4. The molecular weight excluding hydrogens is 372 g/mol. The molecule has 1 aromatic heterocycles. The van der Waals surface area contributed by atoms with E-state index >= 15 is 0 Å². The zero-order valence-electron chi connectivity index (χ0n) is 16.0. The summed E-state index contributed by atoms with van der Waals surface area (Å²) in [6.07, 6.45) is -0.767. The van der Waals surface area contributed by atoms with Crippen molar-refractivity contribution in [1.29, 1.82) is 0 Å². The van der Waals surface area contributed by atoms with Crippen LogP contribution in [-0.4, -0.2) is 34.8 Å². The summed E-state index contributed by atoms with van der Waals surface area (Å²) >= 11 is 0. The molecule has 1 heterocycles. The number of aliphatic hydroxyl groups excluding tert-OH is 1. The molecular formula is C22H20N2O5. The SMILES string of the molecule is CCC(=O)[C@@H](NC(=O)c1ccc(C#CC#Cc2ccc(C(N)=O)o2)cc1)[C@H](C)O. The van der Waals surface area contributed by atoms with E-state index in [-0.39, 0.29) is 23.7 Å². The number of carbonyl (C=O) groups excluding carboxylic acids is 3. The summed E-state index contributed by atoms with van der Waals surface area (Å²) in [6, 6.07) is 8.41. The maximum Gasteiger partial charge on any atom is 0.284 e. The van der Waals surface area contributed by atoms with Crippen LogP contribution >= 0.6 is 0 Å². The first kappa shape index (κ1) is 21.5. The number of hydrogen-bond donors (Lipinski definition) is 3. The number of rotatable bonds is 6. The summed E-state index contributed by atoms with van der Waals surface area (Å²) in [5.74, 6) is 9.62. The molecule has 0 spiro atoms. The van der Waals surface area contributed by atoms with Crippen LogP contribution in [0.5, 0.6) is 0 Å². The van der Waals surface area contributed by atoms with Crippen molar-refractivity contribution >= 4 is 17.6 Å². The largest absolute Gasteiger partial charge is 0.443 e. The van der Waals surface area contributed by atoms with Gasteiger partial charge in [-0.2, -0.15) is 0 Å². The minimum Gasteiger partial charge on any atom is -0.443 e. The van der Waals surface area contributed by atoms with Crippen LogP contribution in [0.25, 0.3) is 0 Å². The van der Waals surface area contributed by atoms with Crippen LogP contribution in [0, 0.1) is 23.7 Å². The van der Waals surface area contributed by atoms with Gasteiger partial charge in [-0.1, -0.05) is 12.8 Å². The molecule has 2 aromatic rings. The summed E-state index contributed by atoms with van der Waals surface area (Å²) in [4.78, 5) is 35.0. The van der Waals surface area contributed by atoms with Gasteiger partial charge < -0.3 is 20.6 Å². The fourth-order valence-corrected chi connectivity index (χ4v) is 2.35. The first-order chi connectivity index (χ1) is 13.8. The summed E-state index contributed by atoms with van der Waals surface area (Å²) < 4.78 is 5.11. The minimum absolute atomic E-state index is 0.0228. The van der Waals surface area contributed by atoms with Crippen molar-refractivity contribution in [1.82, 2.24) is 5.32 Å². The lowest BCUT2D eigenvalue weighted by atomic mass is 10.0. The average molecular weight is 392 g/mol. The van der Waals surface area contributed by atoms with E-state index in [0.29, 0.717) is 11.1 Å². The number of benzene rings is 1. The molecule has 7 nitrogen and oxygen atoms in total. The van der Waals surface area contributed by atoms with E-state index in [1.54, 1.807) is 31.2 Å². The highest BCUT2D eigenvalue weighted by Crippen LogP contribution is 2.07. The van der Waals surface area contributed by atoms with Gasteiger partial charge >= 0.3 is 0 Å². The Balaban J connectivity index is 2.03. The second-order valence-corrected chi connectivity index (χ2v) is 6.12. The van der Waals surface area contributed by atoms with Crippen molar-refractivity contribution in [3.8, 4) is 23.7 Å². The van der Waals surface area contributed by atoms with Crippen LogP contribution in [0.4, 0.5) is 0 Å². The molecule has 0 saturated heterocycles. The quantitative estimate of drug-likeness (QED) is 0.639. The van der Waals surface area contributed by atoms with Gasteiger partial charge in [-0.05, 0) is 61.1 Å². The number of carbonyl (C=O) groups is 3. The van der Waals surface area contributed by atoms with E-state index in [9.17, 15) is 19.5 Å². The molecule has 2 amide bonds. The highest BCUT2D eigenvalue weighted by Gasteiger charge is 2.24. The van der Waals surface area contributed by atoms with Crippen molar-refractivity contribution in [3.63, 3.8) is 0 Å². The Morgan fingerprint density at radius 2 is 1.76 bits per heavy atom. The fourth-order valence-electron chi connectivity index (χ4n) is 2.35. The topological polar surface area (TPSA) is 123 Å². The summed E-state index contributed by atoms with van der Waals surface area (Å²) in [7, 11) is 0. The summed E-state index contributed by atoms with van der Waals surface area (Å²) in [6.45, 7) is 3.12. The number of nitrogens with one attached hydrogen (secondary N) is 1. The molecule has 0 saturated carbocycles. The van der Waals surface area contributed by atoms with Crippen LogP contribution in [0.3, 0.4) is 0 Å². The Bertz CT molecular complexity index is 1030. The van der Waals surface area contributed by atoms with Gasteiger partial charge in [-0.25, -0.2) is 0 Å². The lowest BCUT2D eigenvalue weighted by molar-refractivity contribution is -0.122. The molecule has 29 heavy (non-hydrogen) atoms. The molecule has 148 valence electrons. The molecule has 2 rings (SSSR count). The van der Waals surface area contributed by atoms with Gasteiger partial charge in [0, 0.05) is 17.5 Å².